The van der Waals surface area contributed by atoms with E-state index in [1.807, 2.05) is 11.8 Å². The molecule has 0 bridgehead atoms. The van der Waals surface area contributed by atoms with Gasteiger partial charge in [-0.1, -0.05) is 0 Å². The fourth-order valence-electron chi connectivity index (χ4n) is 2.16. The fourth-order valence-corrected chi connectivity index (χ4v) is 2.16. The minimum Gasteiger partial charge on any atom is -0.464 e. The van der Waals surface area contributed by atoms with E-state index < -0.39 is 0 Å². The van der Waals surface area contributed by atoms with Crippen molar-refractivity contribution in [2.75, 3.05) is 37.0 Å². The number of amides is 1. The summed E-state index contributed by atoms with van der Waals surface area (Å²) < 4.78 is 5.34. The lowest BCUT2D eigenvalue weighted by Gasteiger charge is -2.30. The molecule has 0 aliphatic carbocycles. The molecule has 0 radical (unpaired) electrons. The van der Waals surface area contributed by atoms with Crippen molar-refractivity contribution in [3.8, 4) is 6.01 Å². The van der Waals surface area contributed by atoms with Gasteiger partial charge < -0.3 is 20.7 Å². The summed E-state index contributed by atoms with van der Waals surface area (Å²) in [6.45, 7) is 3.77. The number of nitrogens with two attached hydrogens (primary N) is 1. The van der Waals surface area contributed by atoms with Gasteiger partial charge in [-0.15, -0.1) is 0 Å². The van der Waals surface area contributed by atoms with Gasteiger partial charge in [-0.3, -0.25) is 4.79 Å². The number of ether oxygens (including phenoxy) is 1. The molecule has 1 fully saturated rings. The van der Waals surface area contributed by atoms with Crippen LogP contribution in [0.4, 0.5) is 11.9 Å². The highest BCUT2D eigenvalue weighted by atomic mass is 16.5. The van der Waals surface area contributed by atoms with Gasteiger partial charge >= 0.3 is 6.01 Å². The number of hydrogen-bond donors (Lipinski definition) is 2. The van der Waals surface area contributed by atoms with E-state index in [0.29, 0.717) is 37.6 Å². The quantitative estimate of drug-likeness (QED) is 0.782. The number of aromatic nitrogens is 3. The number of nitrogens with zero attached hydrogens (tertiary/aromatic N) is 4. The molecule has 8 heteroatoms. The van der Waals surface area contributed by atoms with Crippen LogP contribution in [0, 0.1) is 5.92 Å². The van der Waals surface area contributed by atoms with E-state index >= 15 is 0 Å². The van der Waals surface area contributed by atoms with Crippen LogP contribution in [0.1, 0.15) is 19.8 Å². The molecule has 1 saturated heterocycles. The number of nitrogens with one attached hydrogen (secondary N) is 1. The first-order chi connectivity index (χ1) is 9.63. The Balaban J connectivity index is 2.12. The van der Waals surface area contributed by atoms with Crippen molar-refractivity contribution in [2.45, 2.75) is 19.8 Å². The molecule has 1 aliphatic heterocycles. The van der Waals surface area contributed by atoms with Crippen LogP contribution in [0.15, 0.2) is 0 Å². The molecule has 0 unspecified atom stereocenters. The molecule has 0 atom stereocenters. The molecule has 2 heterocycles. The molecule has 2 rings (SSSR count). The van der Waals surface area contributed by atoms with Gasteiger partial charge in [-0.2, -0.15) is 15.0 Å². The molecule has 20 heavy (non-hydrogen) atoms. The zero-order valence-corrected chi connectivity index (χ0v) is 11.8. The summed E-state index contributed by atoms with van der Waals surface area (Å²) in [5, 5.41) is 2.89. The molecule has 0 aromatic carbocycles. The Morgan fingerprint density at radius 2 is 2.10 bits per heavy atom. The average molecular weight is 280 g/mol. The second kappa shape index (κ2) is 6.36. The Kier molecular flexibility index (Phi) is 4.54. The molecule has 3 N–H and O–H groups in total. The third-order valence-corrected chi connectivity index (χ3v) is 3.28. The van der Waals surface area contributed by atoms with Crippen LogP contribution in [0.2, 0.25) is 0 Å². The summed E-state index contributed by atoms with van der Waals surface area (Å²) in [4.78, 5) is 25.9. The molecule has 1 aromatic rings. The van der Waals surface area contributed by atoms with Crippen LogP contribution in [-0.4, -0.2) is 47.6 Å². The smallest absolute Gasteiger partial charge is 0.323 e. The highest BCUT2D eigenvalue weighted by Crippen LogP contribution is 2.22. The second-order valence-electron chi connectivity index (χ2n) is 4.59. The molecule has 1 amide bonds. The maximum atomic E-state index is 11.2. The monoisotopic (exact) mass is 280 g/mol. The largest absolute Gasteiger partial charge is 0.464 e. The molecule has 0 saturated carbocycles. The van der Waals surface area contributed by atoms with Crippen LogP contribution < -0.4 is 20.7 Å². The number of rotatable bonds is 5. The predicted molar refractivity (Wildman–Crippen MR) is 74.7 cm³/mol. The van der Waals surface area contributed by atoms with Crippen LogP contribution in [0.5, 0.6) is 6.01 Å². The molecular weight excluding hydrogens is 260 g/mol. The summed E-state index contributed by atoms with van der Waals surface area (Å²) in [5.74, 6) is 0.751. The van der Waals surface area contributed by atoms with Gasteiger partial charge in [0.2, 0.25) is 17.8 Å². The zero-order chi connectivity index (χ0) is 14.5. The second-order valence-corrected chi connectivity index (χ2v) is 4.59. The number of anilines is 2. The highest BCUT2D eigenvalue weighted by Gasteiger charge is 2.25. The molecule has 0 spiro atoms. The number of primary amides is 1. The molecule has 8 nitrogen and oxygen atoms in total. The Labute approximate surface area is 117 Å². The molecule has 1 aromatic heterocycles. The lowest BCUT2D eigenvalue weighted by atomic mass is 9.96. The van der Waals surface area contributed by atoms with Crippen LogP contribution >= 0.6 is 0 Å². The van der Waals surface area contributed by atoms with Gasteiger partial charge in [-0.25, -0.2) is 0 Å². The Bertz CT molecular complexity index is 473. The van der Waals surface area contributed by atoms with Crippen molar-refractivity contribution in [1.29, 1.82) is 0 Å². The van der Waals surface area contributed by atoms with Crippen molar-refractivity contribution in [1.82, 2.24) is 15.0 Å². The first-order valence-corrected chi connectivity index (χ1v) is 6.75. The maximum absolute atomic E-state index is 11.2. The SMILES string of the molecule is CCOc1nc(NC)nc(N2CCC(C(N)=O)CC2)n1. The van der Waals surface area contributed by atoms with Gasteiger partial charge in [0.25, 0.3) is 0 Å². The van der Waals surface area contributed by atoms with Crippen LogP contribution in [0.3, 0.4) is 0 Å². The zero-order valence-electron chi connectivity index (χ0n) is 11.8. The maximum Gasteiger partial charge on any atom is 0.323 e. The van der Waals surface area contributed by atoms with Gasteiger partial charge in [-0.05, 0) is 19.8 Å². The number of hydrogen-bond acceptors (Lipinski definition) is 7. The van der Waals surface area contributed by atoms with Gasteiger partial charge in [0, 0.05) is 26.1 Å². The topological polar surface area (TPSA) is 106 Å². The minimum atomic E-state index is -0.230. The highest BCUT2D eigenvalue weighted by molar-refractivity contribution is 5.76. The Hall–Kier alpha value is -2.12. The lowest BCUT2D eigenvalue weighted by molar-refractivity contribution is -0.122. The predicted octanol–water partition coefficient (Wildman–Crippen LogP) is 0.0137. The summed E-state index contributed by atoms with van der Waals surface area (Å²) in [7, 11) is 1.74. The third-order valence-electron chi connectivity index (χ3n) is 3.28. The van der Waals surface area contributed by atoms with Gasteiger partial charge in [0.1, 0.15) is 0 Å². The van der Waals surface area contributed by atoms with Crippen LogP contribution in [0.25, 0.3) is 0 Å². The fraction of sp³-hybridized carbons (Fsp3) is 0.667. The first kappa shape index (κ1) is 14.3. The summed E-state index contributed by atoms with van der Waals surface area (Å²) in [6.07, 6.45) is 1.44. The minimum absolute atomic E-state index is 0.0526. The van der Waals surface area contributed by atoms with E-state index in [0.717, 1.165) is 12.8 Å². The molecule has 1 aliphatic rings. The van der Waals surface area contributed by atoms with E-state index in [4.69, 9.17) is 10.5 Å². The van der Waals surface area contributed by atoms with E-state index in [-0.39, 0.29) is 11.8 Å². The van der Waals surface area contributed by atoms with Gasteiger partial charge in [0.05, 0.1) is 6.61 Å². The normalized spacial score (nSPS) is 16.0. The van der Waals surface area contributed by atoms with Crippen molar-refractivity contribution in [2.24, 2.45) is 11.7 Å². The van der Waals surface area contributed by atoms with E-state index in [1.165, 1.54) is 0 Å². The Morgan fingerprint density at radius 3 is 2.65 bits per heavy atom. The van der Waals surface area contributed by atoms with Crippen LogP contribution in [-0.2, 0) is 4.79 Å². The number of carbonyl (C=O) groups is 1. The van der Waals surface area contributed by atoms with Crippen molar-refractivity contribution in [3.63, 3.8) is 0 Å². The standard InChI is InChI=1S/C12H20N6O2/c1-3-20-12-16-10(14-2)15-11(17-12)18-6-4-8(5-7-18)9(13)19/h8H,3-7H2,1-2H3,(H2,13,19)(H,14,15,16,17). The lowest BCUT2D eigenvalue weighted by Crippen LogP contribution is -2.39. The van der Waals surface area contributed by atoms with Crippen molar-refractivity contribution >= 4 is 17.8 Å². The van der Waals surface area contributed by atoms with E-state index in [1.54, 1.807) is 7.05 Å². The molecule has 110 valence electrons. The van der Waals surface area contributed by atoms with E-state index in [2.05, 4.69) is 20.3 Å². The summed E-state index contributed by atoms with van der Waals surface area (Å²) >= 11 is 0. The van der Waals surface area contributed by atoms with Crippen molar-refractivity contribution in [3.05, 3.63) is 0 Å². The Morgan fingerprint density at radius 1 is 1.40 bits per heavy atom. The summed E-state index contributed by atoms with van der Waals surface area (Å²) in [5.41, 5.74) is 5.33. The molecular formula is C12H20N6O2. The van der Waals surface area contributed by atoms with Crippen molar-refractivity contribution < 1.29 is 9.53 Å². The average Bonchev–Trinajstić information content (AvgIpc) is 2.47. The summed E-state index contributed by atoms with van der Waals surface area (Å²) in [6, 6.07) is 0.305. The number of carbonyl (C=O) groups excluding carboxylic acids is 1. The van der Waals surface area contributed by atoms with Gasteiger partial charge in [0.15, 0.2) is 0 Å². The number of piperidine rings is 1. The third kappa shape index (κ3) is 3.25. The van der Waals surface area contributed by atoms with E-state index in [9.17, 15) is 4.79 Å². The first-order valence-electron chi connectivity index (χ1n) is 6.75.